The Morgan fingerprint density at radius 1 is 1.47 bits per heavy atom. The van der Waals surface area contributed by atoms with E-state index in [0.29, 0.717) is 19.5 Å². The van der Waals surface area contributed by atoms with Crippen molar-refractivity contribution in [3.05, 3.63) is 17.5 Å². The Morgan fingerprint density at radius 2 is 2.18 bits per heavy atom. The van der Waals surface area contributed by atoms with E-state index in [1.54, 1.807) is 10.9 Å². The minimum Gasteiger partial charge on any atom is -0.372 e. The van der Waals surface area contributed by atoms with Crippen LogP contribution in [0.5, 0.6) is 0 Å². The molecule has 0 aliphatic heterocycles. The zero-order valence-corrected chi connectivity index (χ0v) is 9.63. The van der Waals surface area contributed by atoms with Gasteiger partial charge in [0.15, 0.2) is 0 Å². The van der Waals surface area contributed by atoms with Gasteiger partial charge in [-0.1, -0.05) is 0 Å². The summed E-state index contributed by atoms with van der Waals surface area (Å²) in [4.78, 5) is 0. The van der Waals surface area contributed by atoms with Crippen LogP contribution in [0.3, 0.4) is 0 Å². The molecule has 0 amide bonds. The molecule has 2 N–H and O–H groups in total. The second-order valence-electron chi connectivity index (χ2n) is 3.73. The first-order valence-corrected chi connectivity index (χ1v) is 5.30. The van der Waals surface area contributed by atoms with E-state index in [1.807, 2.05) is 6.92 Å². The van der Waals surface area contributed by atoms with Crippen molar-refractivity contribution in [3.63, 3.8) is 0 Å². The minimum atomic E-state index is -4.25. The molecule has 0 aromatic carbocycles. The third-order valence-electron chi connectivity index (χ3n) is 2.21. The highest BCUT2D eigenvalue weighted by molar-refractivity contribution is 5.14. The lowest BCUT2D eigenvalue weighted by atomic mass is 10.3. The van der Waals surface area contributed by atoms with Gasteiger partial charge in [0.25, 0.3) is 0 Å². The van der Waals surface area contributed by atoms with E-state index < -0.39 is 12.8 Å². The lowest BCUT2D eigenvalue weighted by Gasteiger charge is -2.07. The van der Waals surface area contributed by atoms with Crippen LogP contribution in [-0.4, -0.2) is 29.2 Å². The molecule has 0 aliphatic carbocycles. The van der Waals surface area contributed by atoms with Crippen LogP contribution in [0.2, 0.25) is 0 Å². The Hall–Kier alpha value is -1.08. The molecular formula is C10H16F3N3O. The van der Waals surface area contributed by atoms with E-state index in [0.717, 1.165) is 11.3 Å². The van der Waals surface area contributed by atoms with Gasteiger partial charge in [0.05, 0.1) is 5.69 Å². The molecule has 1 aromatic rings. The highest BCUT2D eigenvalue weighted by atomic mass is 19.4. The number of rotatable bonds is 6. The predicted octanol–water partition coefficient (Wildman–Crippen LogP) is 1.62. The molecule has 17 heavy (non-hydrogen) atoms. The van der Waals surface area contributed by atoms with Gasteiger partial charge in [-0.2, -0.15) is 18.3 Å². The summed E-state index contributed by atoms with van der Waals surface area (Å²) in [6, 6.07) is 0. The largest absolute Gasteiger partial charge is 0.411 e. The number of ether oxygens (including phenoxy) is 1. The monoisotopic (exact) mass is 251 g/mol. The molecule has 7 heteroatoms. The number of hydrogen-bond acceptors (Lipinski definition) is 3. The van der Waals surface area contributed by atoms with E-state index in [4.69, 9.17) is 5.73 Å². The fourth-order valence-corrected chi connectivity index (χ4v) is 1.39. The molecule has 0 fully saturated rings. The van der Waals surface area contributed by atoms with Gasteiger partial charge in [0, 0.05) is 31.5 Å². The summed E-state index contributed by atoms with van der Waals surface area (Å²) in [5.74, 6) is 0. The van der Waals surface area contributed by atoms with E-state index in [1.165, 1.54) is 0 Å². The minimum absolute atomic E-state index is 0.0658. The van der Waals surface area contributed by atoms with E-state index >= 15 is 0 Å². The molecule has 0 atom stereocenters. The number of halogens is 3. The summed E-state index contributed by atoms with van der Waals surface area (Å²) in [7, 11) is 0. The Morgan fingerprint density at radius 3 is 2.71 bits per heavy atom. The van der Waals surface area contributed by atoms with Crippen LogP contribution < -0.4 is 5.73 Å². The topological polar surface area (TPSA) is 53.1 Å². The SMILES string of the molecule is Cc1nn(CCCOCC(F)(F)F)cc1CN. The third kappa shape index (κ3) is 5.18. The molecule has 0 saturated heterocycles. The number of nitrogens with two attached hydrogens (primary N) is 1. The Kier molecular flexibility index (Phi) is 4.95. The smallest absolute Gasteiger partial charge is 0.372 e. The zero-order chi connectivity index (χ0) is 12.9. The average Bonchev–Trinajstić information content (AvgIpc) is 2.57. The third-order valence-corrected chi connectivity index (χ3v) is 2.21. The van der Waals surface area contributed by atoms with Crippen LogP contribution in [0.25, 0.3) is 0 Å². The van der Waals surface area contributed by atoms with Gasteiger partial charge in [0.2, 0.25) is 0 Å². The van der Waals surface area contributed by atoms with Crippen molar-refractivity contribution in [3.8, 4) is 0 Å². The maximum Gasteiger partial charge on any atom is 0.411 e. The van der Waals surface area contributed by atoms with Gasteiger partial charge in [-0.25, -0.2) is 0 Å². The average molecular weight is 251 g/mol. The fourth-order valence-electron chi connectivity index (χ4n) is 1.39. The van der Waals surface area contributed by atoms with Gasteiger partial charge in [-0.3, -0.25) is 4.68 Å². The van der Waals surface area contributed by atoms with E-state index in [-0.39, 0.29) is 6.61 Å². The predicted molar refractivity (Wildman–Crippen MR) is 56.3 cm³/mol. The van der Waals surface area contributed by atoms with Crippen LogP contribution in [-0.2, 0) is 17.8 Å². The van der Waals surface area contributed by atoms with Crippen LogP contribution in [0.1, 0.15) is 17.7 Å². The van der Waals surface area contributed by atoms with Crippen molar-refractivity contribution in [1.29, 1.82) is 0 Å². The van der Waals surface area contributed by atoms with Crippen LogP contribution >= 0.6 is 0 Å². The summed E-state index contributed by atoms with van der Waals surface area (Å²) in [6.45, 7) is 1.66. The first-order chi connectivity index (χ1) is 7.92. The molecule has 1 heterocycles. The molecule has 0 aliphatic rings. The highest BCUT2D eigenvalue weighted by Crippen LogP contribution is 2.14. The Labute approximate surface area is 97.5 Å². The van der Waals surface area contributed by atoms with Gasteiger partial charge in [0.1, 0.15) is 6.61 Å². The fraction of sp³-hybridized carbons (Fsp3) is 0.700. The van der Waals surface area contributed by atoms with Crippen molar-refractivity contribution in [2.45, 2.75) is 32.6 Å². The number of hydrogen-bond donors (Lipinski definition) is 1. The molecule has 0 unspecified atom stereocenters. The number of alkyl halides is 3. The second kappa shape index (κ2) is 6.02. The first kappa shape index (κ1) is 14.0. The number of nitrogens with zero attached hydrogens (tertiary/aromatic N) is 2. The molecule has 0 spiro atoms. The molecule has 0 saturated carbocycles. The molecule has 0 bridgehead atoms. The van der Waals surface area contributed by atoms with Crippen LogP contribution in [0.4, 0.5) is 13.2 Å². The molecule has 1 aromatic heterocycles. The van der Waals surface area contributed by atoms with Gasteiger partial charge >= 0.3 is 6.18 Å². The van der Waals surface area contributed by atoms with Gasteiger partial charge < -0.3 is 10.5 Å². The van der Waals surface area contributed by atoms with Crippen LogP contribution in [0.15, 0.2) is 6.20 Å². The maximum absolute atomic E-state index is 11.8. The summed E-state index contributed by atoms with van der Waals surface area (Å²) >= 11 is 0. The maximum atomic E-state index is 11.8. The standard InChI is InChI=1S/C10H16F3N3O/c1-8-9(5-14)6-16(15-8)3-2-4-17-7-10(11,12)13/h6H,2-5,7,14H2,1H3. The van der Waals surface area contributed by atoms with E-state index in [2.05, 4.69) is 9.84 Å². The molecule has 1 rings (SSSR count). The summed E-state index contributed by atoms with van der Waals surface area (Å²) in [6.07, 6.45) is -1.96. The van der Waals surface area contributed by atoms with E-state index in [9.17, 15) is 13.2 Å². The number of aromatic nitrogens is 2. The second-order valence-corrected chi connectivity index (χ2v) is 3.73. The first-order valence-electron chi connectivity index (χ1n) is 5.30. The number of aryl methyl sites for hydroxylation is 2. The Bertz CT molecular complexity index is 349. The molecular weight excluding hydrogens is 235 g/mol. The van der Waals surface area contributed by atoms with Crippen molar-refractivity contribution in [1.82, 2.24) is 9.78 Å². The lowest BCUT2D eigenvalue weighted by Crippen LogP contribution is -2.17. The summed E-state index contributed by atoms with van der Waals surface area (Å²) < 4.78 is 41.4. The van der Waals surface area contributed by atoms with Gasteiger partial charge in [-0.15, -0.1) is 0 Å². The lowest BCUT2D eigenvalue weighted by molar-refractivity contribution is -0.174. The summed E-state index contributed by atoms with van der Waals surface area (Å²) in [5, 5.41) is 4.19. The van der Waals surface area contributed by atoms with Gasteiger partial charge in [-0.05, 0) is 13.3 Å². The van der Waals surface area contributed by atoms with Crippen molar-refractivity contribution >= 4 is 0 Å². The molecule has 0 radical (unpaired) electrons. The summed E-state index contributed by atoms with van der Waals surface area (Å²) in [5.41, 5.74) is 7.28. The zero-order valence-electron chi connectivity index (χ0n) is 9.63. The normalized spacial score (nSPS) is 12.1. The van der Waals surface area contributed by atoms with Crippen molar-refractivity contribution in [2.24, 2.45) is 5.73 Å². The molecule has 98 valence electrons. The quantitative estimate of drug-likeness (QED) is 0.782. The van der Waals surface area contributed by atoms with Crippen molar-refractivity contribution < 1.29 is 17.9 Å². The molecule has 4 nitrogen and oxygen atoms in total. The highest BCUT2D eigenvalue weighted by Gasteiger charge is 2.27. The van der Waals surface area contributed by atoms with Crippen molar-refractivity contribution in [2.75, 3.05) is 13.2 Å². The van der Waals surface area contributed by atoms with Crippen LogP contribution in [0, 0.1) is 6.92 Å². The Balaban J connectivity index is 2.22.